The molecular weight excluding hydrogens is 244 g/mol. The molecule has 0 spiro atoms. The molecule has 0 aliphatic rings. The van der Waals surface area contributed by atoms with E-state index in [2.05, 4.69) is 64.2 Å². The largest absolute Gasteiger partial charge is 0.316 e. The molecule has 2 nitrogen and oxygen atoms in total. The summed E-state index contributed by atoms with van der Waals surface area (Å²) in [5.74, 6) is 0.490. The molecule has 2 heteroatoms. The second kappa shape index (κ2) is 5.53. The molecule has 0 saturated carbocycles. The molecule has 1 aromatic heterocycles. The maximum atomic E-state index is 4.98. The van der Waals surface area contributed by atoms with E-state index in [1.54, 1.807) is 0 Å². The first-order valence-electron chi connectivity index (χ1n) is 7.42. The standard InChI is InChI=1S/C18H26N2/c1-12(2)14-8-7-9-15-13(11-19-6)10-16(18(3,4)5)20-17(14)15/h7-10,12,19H,11H2,1-6H3. The first kappa shape index (κ1) is 15.0. The van der Waals surface area contributed by atoms with Crippen molar-refractivity contribution >= 4 is 10.9 Å². The van der Waals surface area contributed by atoms with Gasteiger partial charge in [-0.15, -0.1) is 0 Å². The average molecular weight is 270 g/mol. The maximum Gasteiger partial charge on any atom is 0.0743 e. The lowest BCUT2D eigenvalue weighted by Gasteiger charge is -2.21. The molecule has 1 heterocycles. The zero-order valence-electron chi connectivity index (χ0n) is 13.5. The van der Waals surface area contributed by atoms with Crippen LogP contribution in [0.25, 0.3) is 10.9 Å². The summed E-state index contributed by atoms with van der Waals surface area (Å²) in [6.45, 7) is 12.0. The highest BCUT2D eigenvalue weighted by atomic mass is 14.8. The van der Waals surface area contributed by atoms with Crippen molar-refractivity contribution in [1.82, 2.24) is 10.3 Å². The van der Waals surface area contributed by atoms with Crippen LogP contribution in [0.5, 0.6) is 0 Å². The second-order valence-corrected chi connectivity index (χ2v) is 6.85. The minimum absolute atomic E-state index is 0.0702. The average Bonchev–Trinajstić information content (AvgIpc) is 2.37. The molecule has 0 saturated heterocycles. The third-order valence-corrected chi connectivity index (χ3v) is 3.71. The van der Waals surface area contributed by atoms with Crippen LogP contribution in [-0.4, -0.2) is 12.0 Å². The minimum Gasteiger partial charge on any atom is -0.316 e. The lowest BCUT2D eigenvalue weighted by Crippen LogP contribution is -2.16. The summed E-state index contributed by atoms with van der Waals surface area (Å²) in [5.41, 5.74) is 5.08. The number of benzene rings is 1. The SMILES string of the molecule is CNCc1cc(C(C)(C)C)nc2c(C(C)C)cccc12. The zero-order valence-corrected chi connectivity index (χ0v) is 13.5. The Morgan fingerprint density at radius 1 is 1.20 bits per heavy atom. The molecule has 0 fully saturated rings. The maximum absolute atomic E-state index is 4.98. The number of aromatic nitrogens is 1. The lowest BCUT2D eigenvalue weighted by atomic mass is 9.88. The Labute approximate surface area is 122 Å². The highest BCUT2D eigenvalue weighted by Gasteiger charge is 2.19. The molecule has 0 radical (unpaired) electrons. The van der Waals surface area contributed by atoms with Crippen LogP contribution in [0.3, 0.4) is 0 Å². The van der Waals surface area contributed by atoms with Gasteiger partial charge in [-0.2, -0.15) is 0 Å². The van der Waals surface area contributed by atoms with Gasteiger partial charge in [-0.05, 0) is 30.2 Å². The molecule has 0 unspecified atom stereocenters. The second-order valence-electron chi connectivity index (χ2n) is 6.85. The van der Waals surface area contributed by atoms with Crippen LogP contribution < -0.4 is 5.32 Å². The molecule has 108 valence electrons. The van der Waals surface area contributed by atoms with Crippen LogP contribution >= 0.6 is 0 Å². The molecule has 0 bridgehead atoms. The first-order chi connectivity index (χ1) is 9.34. The van der Waals surface area contributed by atoms with Gasteiger partial charge in [0.2, 0.25) is 0 Å². The number of nitrogens with one attached hydrogen (secondary N) is 1. The van der Waals surface area contributed by atoms with E-state index >= 15 is 0 Å². The van der Waals surface area contributed by atoms with Crippen molar-refractivity contribution in [2.75, 3.05) is 7.05 Å². The van der Waals surface area contributed by atoms with Gasteiger partial charge >= 0.3 is 0 Å². The van der Waals surface area contributed by atoms with Gasteiger partial charge in [0, 0.05) is 23.0 Å². The molecule has 0 atom stereocenters. The molecule has 0 amide bonds. The van der Waals surface area contributed by atoms with Crippen molar-refractivity contribution in [3.63, 3.8) is 0 Å². The summed E-state index contributed by atoms with van der Waals surface area (Å²) in [7, 11) is 2.00. The minimum atomic E-state index is 0.0702. The van der Waals surface area contributed by atoms with Crippen LogP contribution in [-0.2, 0) is 12.0 Å². The monoisotopic (exact) mass is 270 g/mol. The van der Waals surface area contributed by atoms with Crippen LogP contribution in [0.1, 0.15) is 57.4 Å². The van der Waals surface area contributed by atoms with Crippen molar-refractivity contribution in [3.8, 4) is 0 Å². The number of fused-ring (bicyclic) bond motifs is 1. The van der Waals surface area contributed by atoms with E-state index in [4.69, 9.17) is 4.98 Å². The van der Waals surface area contributed by atoms with Crippen LogP contribution in [0.2, 0.25) is 0 Å². The smallest absolute Gasteiger partial charge is 0.0743 e. The fraction of sp³-hybridized carbons (Fsp3) is 0.500. The fourth-order valence-corrected chi connectivity index (χ4v) is 2.53. The number of pyridine rings is 1. The Kier molecular flexibility index (Phi) is 4.14. The predicted molar refractivity (Wildman–Crippen MR) is 87.3 cm³/mol. The third kappa shape index (κ3) is 2.85. The Morgan fingerprint density at radius 2 is 1.90 bits per heavy atom. The van der Waals surface area contributed by atoms with Gasteiger partial charge in [-0.25, -0.2) is 0 Å². The van der Waals surface area contributed by atoms with Gasteiger partial charge in [0.05, 0.1) is 5.52 Å². The van der Waals surface area contributed by atoms with Gasteiger partial charge in [-0.3, -0.25) is 4.98 Å². The number of hydrogen-bond acceptors (Lipinski definition) is 2. The summed E-state index contributed by atoms with van der Waals surface area (Å²) in [6, 6.07) is 8.79. The van der Waals surface area contributed by atoms with E-state index in [1.165, 1.54) is 27.7 Å². The molecule has 1 N–H and O–H groups in total. The number of hydrogen-bond donors (Lipinski definition) is 1. The lowest BCUT2D eigenvalue weighted by molar-refractivity contribution is 0.569. The van der Waals surface area contributed by atoms with Gasteiger partial charge in [0.1, 0.15) is 0 Å². The van der Waals surface area contributed by atoms with Crippen molar-refractivity contribution in [3.05, 3.63) is 41.1 Å². The van der Waals surface area contributed by atoms with E-state index in [-0.39, 0.29) is 5.41 Å². The normalized spacial score (nSPS) is 12.3. The Balaban J connectivity index is 2.79. The van der Waals surface area contributed by atoms with Crippen LogP contribution in [0, 0.1) is 0 Å². The van der Waals surface area contributed by atoms with Gasteiger partial charge in [0.15, 0.2) is 0 Å². The summed E-state index contributed by atoms with van der Waals surface area (Å²) >= 11 is 0. The Bertz CT molecular complexity index is 607. The molecular formula is C18H26N2. The van der Waals surface area contributed by atoms with E-state index in [1.807, 2.05) is 7.05 Å². The van der Waals surface area contributed by atoms with E-state index < -0.39 is 0 Å². The van der Waals surface area contributed by atoms with E-state index in [0.717, 1.165) is 6.54 Å². The summed E-state index contributed by atoms with van der Waals surface area (Å²) in [4.78, 5) is 4.98. The fourth-order valence-electron chi connectivity index (χ4n) is 2.53. The number of rotatable bonds is 3. The summed E-state index contributed by atoms with van der Waals surface area (Å²) < 4.78 is 0. The molecule has 2 rings (SSSR count). The summed E-state index contributed by atoms with van der Waals surface area (Å²) in [6.07, 6.45) is 0. The third-order valence-electron chi connectivity index (χ3n) is 3.71. The summed E-state index contributed by atoms with van der Waals surface area (Å²) in [5, 5.41) is 4.55. The van der Waals surface area contributed by atoms with Gasteiger partial charge in [0.25, 0.3) is 0 Å². The molecule has 1 aromatic carbocycles. The molecule has 0 aliphatic carbocycles. The Hall–Kier alpha value is -1.41. The zero-order chi connectivity index (χ0) is 14.9. The van der Waals surface area contributed by atoms with E-state index in [9.17, 15) is 0 Å². The first-order valence-corrected chi connectivity index (χ1v) is 7.42. The molecule has 2 aromatic rings. The Morgan fingerprint density at radius 3 is 2.45 bits per heavy atom. The highest BCUT2D eigenvalue weighted by Crippen LogP contribution is 2.30. The highest BCUT2D eigenvalue weighted by molar-refractivity contribution is 5.86. The van der Waals surface area contributed by atoms with Gasteiger partial charge < -0.3 is 5.32 Å². The van der Waals surface area contributed by atoms with Crippen LogP contribution in [0.4, 0.5) is 0 Å². The molecule has 0 aliphatic heterocycles. The van der Waals surface area contributed by atoms with Crippen molar-refractivity contribution in [2.45, 2.75) is 52.5 Å². The number of para-hydroxylation sites is 1. The number of nitrogens with zero attached hydrogens (tertiary/aromatic N) is 1. The van der Waals surface area contributed by atoms with Crippen molar-refractivity contribution < 1.29 is 0 Å². The van der Waals surface area contributed by atoms with E-state index in [0.29, 0.717) is 5.92 Å². The molecule has 20 heavy (non-hydrogen) atoms. The van der Waals surface area contributed by atoms with Crippen molar-refractivity contribution in [2.24, 2.45) is 0 Å². The van der Waals surface area contributed by atoms with Gasteiger partial charge in [-0.1, -0.05) is 52.8 Å². The topological polar surface area (TPSA) is 24.9 Å². The predicted octanol–water partition coefficient (Wildman–Crippen LogP) is 4.38. The van der Waals surface area contributed by atoms with Crippen molar-refractivity contribution in [1.29, 1.82) is 0 Å². The van der Waals surface area contributed by atoms with Crippen LogP contribution in [0.15, 0.2) is 24.3 Å². The quantitative estimate of drug-likeness (QED) is 0.895.